The number of amides is 1. The third-order valence-corrected chi connectivity index (χ3v) is 5.68. The first kappa shape index (κ1) is 20.0. The summed E-state index contributed by atoms with van der Waals surface area (Å²) in [6, 6.07) is 13.6. The largest absolute Gasteiger partial charge is 0.497 e. The molecule has 4 aromatic rings. The van der Waals surface area contributed by atoms with Crippen molar-refractivity contribution in [1.29, 1.82) is 0 Å². The number of methoxy groups -OCH3 is 2. The van der Waals surface area contributed by atoms with Crippen LogP contribution in [0.3, 0.4) is 0 Å². The number of rotatable bonds is 6. The van der Waals surface area contributed by atoms with E-state index >= 15 is 0 Å². The van der Waals surface area contributed by atoms with Crippen molar-refractivity contribution in [1.82, 2.24) is 14.6 Å². The second-order valence-corrected chi connectivity index (χ2v) is 7.91. The summed E-state index contributed by atoms with van der Waals surface area (Å²) in [6.45, 7) is 4.09. The van der Waals surface area contributed by atoms with Crippen molar-refractivity contribution < 1.29 is 14.3 Å². The van der Waals surface area contributed by atoms with Gasteiger partial charge in [-0.05, 0) is 43.0 Å². The number of nitrogens with one attached hydrogen (secondary N) is 1. The van der Waals surface area contributed by atoms with Gasteiger partial charge < -0.3 is 14.8 Å². The van der Waals surface area contributed by atoms with E-state index in [9.17, 15) is 4.79 Å². The lowest BCUT2D eigenvalue weighted by atomic mass is 10.1. The Bertz CT molecular complexity index is 1230. The van der Waals surface area contributed by atoms with Gasteiger partial charge in [0.1, 0.15) is 11.5 Å². The molecule has 2 aromatic carbocycles. The zero-order valence-corrected chi connectivity index (χ0v) is 18.0. The molecule has 0 saturated heterocycles. The zero-order valence-electron chi connectivity index (χ0n) is 17.2. The normalized spacial score (nSPS) is 11.1. The van der Waals surface area contributed by atoms with Crippen LogP contribution in [0.1, 0.15) is 11.1 Å². The number of anilines is 1. The zero-order chi connectivity index (χ0) is 21.3. The van der Waals surface area contributed by atoms with E-state index in [0.717, 1.165) is 22.1 Å². The summed E-state index contributed by atoms with van der Waals surface area (Å²) in [7, 11) is 3.14. The maximum absolute atomic E-state index is 12.5. The van der Waals surface area contributed by atoms with Crippen molar-refractivity contribution in [2.24, 2.45) is 0 Å². The number of aromatic nitrogens is 3. The quantitative estimate of drug-likeness (QED) is 0.468. The molecule has 4 rings (SSSR count). The number of fused-ring (bicyclic) bond motifs is 3. The highest BCUT2D eigenvalue weighted by molar-refractivity contribution is 7.99. The Balaban J connectivity index is 1.57. The van der Waals surface area contributed by atoms with Gasteiger partial charge in [-0.1, -0.05) is 23.4 Å². The molecule has 8 heteroatoms. The molecule has 0 unspecified atom stereocenters. The van der Waals surface area contributed by atoms with Gasteiger partial charge in [-0.15, -0.1) is 10.2 Å². The van der Waals surface area contributed by atoms with Crippen LogP contribution in [0.15, 0.2) is 47.6 Å². The number of benzene rings is 2. The Morgan fingerprint density at radius 3 is 2.47 bits per heavy atom. The number of thioether (sulfide) groups is 1. The topological polar surface area (TPSA) is 77.8 Å². The van der Waals surface area contributed by atoms with Crippen LogP contribution in [0.2, 0.25) is 0 Å². The minimum atomic E-state index is -0.153. The molecule has 0 aliphatic rings. The van der Waals surface area contributed by atoms with Crippen LogP contribution in [-0.2, 0) is 4.79 Å². The second kappa shape index (κ2) is 8.23. The van der Waals surface area contributed by atoms with E-state index in [-0.39, 0.29) is 11.7 Å². The number of carbonyl (C=O) groups excluding carboxylic acids is 1. The maximum Gasteiger partial charge on any atom is 0.234 e. The van der Waals surface area contributed by atoms with Crippen LogP contribution in [0.25, 0.3) is 16.6 Å². The van der Waals surface area contributed by atoms with Crippen molar-refractivity contribution in [3.05, 3.63) is 53.6 Å². The molecule has 0 radical (unpaired) electrons. The second-order valence-electron chi connectivity index (χ2n) is 6.97. The first-order valence-electron chi connectivity index (χ1n) is 9.39. The van der Waals surface area contributed by atoms with Crippen molar-refractivity contribution in [3.63, 3.8) is 0 Å². The highest BCUT2D eigenvalue weighted by Gasteiger charge is 2.14. The van der Waals surface area contributed by atoms with Gasteiger partial charge in [0.2, 0.25) is 5.91 Å². The van der Waals surface area contributed by atoms with E-state index in [0.29, 0.717) is 22.3 Å². The molecule has 0 fully saturated rings. The van der Waals surface area contributed by atoms with Crippen LogP contribution in [-0.4, -0.2) is 40.5 Å². The lowest BCUT2D eigenvalue weighted by Gasteiger charge is -2.10. The highest BCUT2D eigenvalue weighted by Crippen LogP contribution is 2.28. The standard InChI is InChI=1S/C22H22N4O3S/c1-13-5-6-19-15(7-13)8-14(2)21-24-25-22(26(19)21)30-12-20(27)23-16-9-17(28-3)11-18(10-16)29-4/h5-11H,12H2,1-4H3,(H,23,27). The first-order chi connectivity index (χ1) is 14.5. The van der Waals surface area contributed by atoms with Gasteiger partial charge in [0.25, 0.3) is 0 Å². The number of hydrogen-bond donors (Lipinski definition) is 1. The van der Waals surface area contributed by atoms with Crippen LogP contribution >= 0.6 is 11.8 Å². The monoisotopic (exact) mass is 422 g/mol. The lowest BCUT2D eigenvalue weighted by Crippen LogP contribution is -2.14. The Labute approximate surface area is 178 Å². The van der Waals surface area contributed by atoms with Crippen LogP contribution in [0.5, 0.6) is 11.5 Å². The summed E-state index contributed by atoms with van der Waals surface area (Å²) in [4.78, 5) is 12.5. The summed E-state index contributed by atoms with van der Waals surface area (Å²) < 4.78 is 12.5. The fourth-order valence-electron chi connectivity index (χ4n) is 3.33. The summed E-state index contributed by atoms with van der Waals surface area (Å²) in [5.74, 6) is 1.26. The van der Waals surface area contributed by atoms with Crippen molar-refractivity contribution in [2.75, 3.05) is 25.3 Å². The molecule has 2 heterocycles. The van der Waals surface area contributed by atoms with Crippen LogP contribution in [0.4, 0.5) is 5.69 Å². The Hall–Kier alpha value is -3.26. The third-order valence-electron chi connectivity index (χ3n) is 4.75. The van der Waals surface area contributed by atoms with E-state index < -0.39 is 0 Å². The molecule has 0 atom stereocenters. The number of hydrogen-bond acceptors (Lipinski definition) is 6. The number of aryl methyl sites for hydroxylation is 2. The molecule has 2 aromatic heterocycles. The molecule has 0 aliphatic carbocycles. The average molecular weight is 423 g/mol. The number of ether oxygens (including phenoxy) is 2. The van der Waals surface area contributed by atoms with Gasteiger partial charge >= 0.3 is 0 Å². The first-order valence-corrected chi connectivity index (χ1v) is 10.4. The molecule has 1 N–H and O–H groups in total. The van der Waals surface area contributed by atoms with E-state index in [1.54, 1.807) is 32.4 Å². The minimum absolute atomic E-state index is 0.153. The van der Waals surface area contributed by atoms with Gasteiger partial charge in [0.05, 0.1) is 25.5 Å². The lowest BCUT2D eigenvalue weighted by molar-refractivity contribution is -0.113. The fourth-order valence-corrected chi connectivity index (χ4v) is 4.08. The molecule has 0 spiro atoms. The molecular formula is C22H22N4O3S. The molecule has 0 saturated carbocycles. The van der Waals surface area contributed by atoms with Gasteiger partial charge in [-0.25, -0.2) is 0 Å². The predicted octanol–water partition coefficient (Wildman–Crippen LogP) is 4.25. The summed E-state index contributed by atoms with van der Waals surface area (Å²) in [5.41, 5.74) is 4.66. The third kappa shape index (κ3) is 3.91. The average Bonchev–Trinajstić information content (AvgIpc) is 3.16. The number of pyridine rings is 1. The van der Waals surface area contributed by atoms with E-state index in [1.807, 2.05) is 11.3 Å². The predicted molar refractivity (Wildman–Crippen MR) is 119 cm³/mol. The summed E-state index contributed by atoms with van der Waals surface area (Å²) in [5, 5.41) is 13.3. The Morgan fingerprint density at radius 1 is 1.03 bits per heavy atom. The van der Waals surface area contributed by atoms with Gasteiger partial charge in [-0.3, -0.25) is 9.20 Å². The van der Waals surface area contributed by atoms with E-state index in [4.69, 9.17) is 9.47 Å². The van der Waals surface area contributed by atoms with Gasteiger partial charge in [-0.2, -0.15) is 0 Å². The van der Waals surface area contributed by atoms with E-state index in [1.165, 1.54) is 17.3 Å². The van der Waals surface area contributed by atoms with Gasteiger partial charge in [0.15, 0.2) is 10.8 Å². The van der Waals surface area contributed by atoms with Crippen molar-refractivity contribution >= 4 is 39.9 Å². The SMILES string of the molecule is COc1cc(NC(=O)CSc2nnc3c(C)cc4cc(C)ccc4n23)cc(OC)c1. The number of carbonyl (C=O) groups is 1. The van der Waals surface area contributed by atoms with Crippen molar-refractivity contribution in [2.45, 2.75) is 19.0 Å². The molecular weight excluding hydrogens is 400 g/mol. The molecule has 0 bridgehead atoms. The maximum atomic E-state index is 12.5. The van der Waals surface area contributed by atoms with Crippen LogP contribution < -0.4 is 14.8 Å². The smallest absolute Gasteiger partial charge is 0.234 e. The number of nitrogens with zero attached hydrogens (tertiary/aromatic N) is 3. The Morgan fingerprint density at radius 2 is 1.77 bits per heavy atom. The van der Waals surface area contributed by atoms with Crippen LogP contribution in [0, 0.1) is 13.8 Å². The molecule has 1 amide bonds. The fraction of sp³-hybridized carbons (Fsp3) is 0.227. The Kier molecular flexibility index (Phi) is 5.50. The van der Waals surface area contributed by atoms with Crippen molar-refractivity contribution in [3.8, 4) is 11.5 Å². The van der Waals surface area contributed by atoms with E-state index in [2.05, 4.69) is 46.7 Å². The highest BCUT2D eigenvalue weighted by atomic mass is 32.2. The summed E-state index contributed by atoms with van der Waals surface area (Å²) >= 11 is 1.35. The molecule has 30 heavy (non-hydrogen) atoms. The molecule has 0 aliphatic heterocycles. The minimum Gasteiger partial charge on any atom is -0.497 e. The molecule has 7 nitrogen and oxygen atoms in total. The molecule has 154 valence electrons. The summed E-state index contributed by atoms with van der Waals surface area (Å²) in [6.07, 6.45) is 0. The van der Waals surface area contributed by atoms with Gasteiger partial charge in [0, 0.05) is 23.9 Å².